The lowest BCUT2D eigenvalue weighted by molar-refractivity contribution is -0.122. The minimum absolute atomic E-state index is 0.0987. The Balaban J connectivity index is 1.53. The molecule has 0 radical (unpaired) electrons. The first-order valence-corrected chi connectivity index (χ1v) is 12.6. The number of rotatable bonds is 6. The van der Waals surface area contributed by atoms with Crippen LogP contribution in [0.25, 0.3) is 11.2 Å². The summed E-state index contributed by atoms with van der Waals surface area (Å²) >= 11 is 6.13. The number of amides is 1. The number of aliphatic hydroxyl groups excluding tert-OH is 1. The molecule has 0 bridgehead atoms. The predicted octanol–water partition coefficient (Wildman–Crippen LogP) is 4.43. The highest BCUT2D eigenvalue weighted by Gasteiger charge is 2.30. The molecule has 3 aromatic rings. The number of nitrogens with one attached hydrogen (secondary N) is 2. The van der Waals surface area contributed by atoms with E-state index in [1.165, 1.54) is 0 Å². The van der Waals surface area contributed by atoms with Crippen molar-refractivity contribution in [2.24, 2.45) is 11.7 Å². The number of imidazole rings is 1. The van der Waals surface area contributed by atoms with Gasteiger partial charge < -0.3 is 21.5 Å². The minimum Gasteiger partial charge on any atom is -0.391 e. The van der Waals surface area contributed by atoms with Crippen LogP contribution in [0.4, 0.5) is 26.4 Å². The lowest BCUT2D eigenvalue weighted by Gasteiger charge is -2.29. The summed E-state index contributed by atoms with van der Waals surface area (Å²) in [6.07, 6.45) is 7.11. The second-order valence-electron chi connectivity index (χ2n) is 9.59. The lowest BCUT2D eigenvalue weighted by Crippen LogP contribution is -2.36. The third kappa shape index (κ3) is 4.94. The molecule has 5 N–H and O–H groups in total. The number of carbonyl (C=O) groups excluding carboxylic acids is 1. The maximum Gasteiger partial charge on any atom is 0.225 e. The third-order valence-corrected chi connectivity index (χ3v) is 7.48. The molecule has 36 heavy (non-hydrogen) atoms. The second-order valence-corrected chi connectivity index (χ2v) is 9.99. The summed E-state index contributed by atoms with van der Waals surface area (Å²) in [6.45, 7) is 0. The first-order chi connectivity index (χ1) is 17.3. The van der Waals surface area contributed by atoms with Gasteiger partial charge in [0.05, 0.1) is 29.1 Å². The van der Waals surface area contributed by atoms with E-state index in [2.05, 4.69) is 20.6 Å². The number of halogens is 3. The van der Waals surface area contributed by atoms with Gasteiger partial charge in [0.2, 0.25) is 17.8 Å². The normalized spacial score (nSPS) is 24.6. The Labute approximate surface area is 211 Å². The predicted molar refractivity (Wildman–Crippen MR) is 132 cm³/mol. The van der Waals surface area contributed by atoms with Crippen molar-refractivity contribution in [3.05, 3.63) is 35.0 Å². The van der Waals surface area contributed by atoms with Crippen LogP contribution in [-0.4, -0.2) is 42.7 Å². The van der Waals surface area contributed by atoms with Crippen molar-refractivity contribution in [2.45, 2.75) is 69.6 Å². The van der Waals surface area contributed by atoms with Crippen LogP contribution in [0.5, 0.6) is 0 Å². The molecule has 2 saturated carbocycles. The molecular formula is C24H28ClF2N7O2. The third-order valence-electron chi connectivity index (χ3n) is 7.18. The van der Waals surface area contributed by atoms with Gasteiger partial charge in [-0.3, -0.25) is 9.36 Å². The molecule has 0 spiro atoms. The number of nitrogens with zero attached hydrogens (tertiary/aromatic N) is 4. The Kier molecular flexibility index (Phi) is 6.94. The monoisotopic (exact) mass is 519 g/mol. The van der Waals surface area contributed by atoms with E-state index in [0.29, 0.717) is 42.8 Å². The molecule has 0 unspecified atom stereocenters. The smallest absolute Gasteiger partial charge is 0.225 e. The summed E-state index contributed by atoms with van der Waals surface area (Å²) in [4.78, 5) is 25.3. The molecule has 2 aromatic heterocycles. The number of hydrogen-bond donors (Lipinski definition) is 4. The van der Waals surface area contributed by atoms with Gasteiger partial charge in [-0.05, 0) is 44.6 Å². The van der Waals surface area contributed by atoms with Gasteiger partial charge in [0.1, 0.15) is 11.3 Å². The summed E-state index contributed by atoms with van der Waals surface area (Å²) < 4.78 is 30.0. The zero-order chi connectivity index (χ0) is 25.4. The van der Waals surface area contributed by atoms with E-state index in [0.717, 1.165) is 37.8 Å². The van der Waals surface area contributed by atoms with E-state index >= 15 is 0 Å². The highest BCUT2D eigenvalue weighted by molar-refractivity contribution is 6.33. The molecule has 2 heterocycles. The van der Waals surface area contributed by atoms with Crippen LogP contribution in [0, 0.1) is 17.6 Å². The first-order valence-electron chi connectivity index (χ1n) is 12.2. The average Bonchev–Trinajstić information content (AvgIpc) is 3.20. The number of carbonyl (C=O) groups is 1. The molecular weight excluding hydrogens is 492 g/mol. The van der Waals surface area contributed by atoms with Crippen LogP contribution in [0.3, 0.4) is 0 Å². The summed E-state index contributed by atoms with van der Waals surface area (Å²) in [5.74, 6) is -1.51. The molecule has 2 aliphatic rings. The van der Waals surface area contributed by atoms with Crippen LogP contribution in [0.15, 0.2) is 18.3 Å². The molecule has 0 saturated heterocycles. The van der Waals surface area contributed by atoms with Crippen LogP contribution in [-0.2, 0) is 4.79 Å². The summed E-state index contributed by atoms with van der Waals surface area (Å²) in [7, 11) is 0. The molecule has 12 heteroatoms. The quantitative estimate of drug-likeness (QED) is 0.379. The Morgan fingerprint density at radius 3 is 2.56 bits per heavy atom. The van der Waals surface area contributed by atoms with Crippen molar-refractivity contribution in [3.8, 4) is 0 Å². The summed E-state index contributed by atoms with van der Waals surface area (Å²) in [6, 6.07) is 1.52. The van der Waals surface area contributed by atoms with E-state index in [1.807, 2.05) is 4.57 Å². The Bertz CT molecular complexity index is 1260. The number of hydrogen-bond acceptors (Lipinski definition) is 7. The van der Waals surface area contributed by atoms with Crippen molar-refractivity contribution in [1.82, 2.24) is 19.5 Å². The van der Waals surface area contributed by atoms with Crippen LogP contribution in [0.2, 0.25) is 5.02 Å². The van der Waals surface area contributed by atoms with Gasteiger partial charge in [-0.2, -0.15) is 4.98 Å². The van der Waals surface area contributed by atoms with Gasteiger partial charge in [0, 0.05) is 18.0 Å². The van der Waals surface area contributed by atoms with E-state index < -0.39 is 17.7 Å². The van der Waals surface area contributed by atoms with Gasteiger partial charge in [-0.1, -0.05) is 24.4 Å². The SMILES string of the molecule is NC(=O)C1CCC(n2c(Nc3c(F)cc(F)cc3Cl)nc3cnc(N[C@@H]4CCCC[C@H]4O)nc32)CC1. The second kappa shape index (κ2) is 10.1. The van der Waals surface area contributed by atoms with Gasteiger partial charge in [0.25, 0.3) is 0 Å². The fraction of sp³-hybridized carbons (Fsp3) is 0.500. The minimum atomic E-state index is -0.851. The molecule has 9 nitrogen and oxygen atoms in total. The van der Waals surface area contributed by atoms with E-state index in [4.69, 9.17) is 22.3 Å². The standard InChI is InChI=1S/C24H28ClF2N7O2/c25-15-9-13(26)10-16(27)20(15)32-24-31-18-11-29-23(30-17-3-1-2-4-19(17)35)33-22(18)34(24)14-7-5-12(6-8-14)21(28)36/h9-12,14,17,19,35H,1-8H2,(H2,28,36)(H,31,32)(H,29,30,33)/t12?,14?,17-,19-/m1/s1. The maximum atomic E-state index is 14.6. The fourth-order valence-electron chi connectivity index (χ4n) is 5.23. The molecule has 2 atom stereocenters. The van der Waals surface area contributed by atoms with Crippen molar-refractivity contribution in [2.75, 3.05) is 10.6 Å². The van der Waals surface area contributed by atoms with Gasteiger partial charge in [-0.15, -0.1) is 0 Å². The van der Waals surface area contributed by atoms with Crippen molar-refractivity contribution >= 4 is 46.3 Å². The van der Waals surface area contributed by atoms with Crippen molar-refractivity contribution < 1.29 is 18.7 Å². The molecule has 192 valence electrons. The van der Waals surface area contributed by atoms with E-state index in [9.17, 15) is 18.7 Å². The lowest BCUT2D eigenvalue weighted by atomic mass is 9.85. The highest BCUT2D eigenvalue weighted by Crippen LogP contribution is 2.38. The number of aromatic nitrogens is 4. The van der Waals surface area contributed by atoms with Gasteiger partial charge in [-0.25, -0.2) is 18.7 Å². The van der Waals surface area contributed by atoms with Crippen LogP contribution < -0.4 is 16.4 Å². The largest absolute Gasteiger partial charge is 0.391 e. The molecule has 1 aromatic carbocycles. The number of primary amides is 1. The average molecular weight is 520 g/mol. The Hall–Kier alpha value is -3.05. The number of aliphatic hydroxyl groups is 1. The number of benzene rings is 1. The number of nitrogens with two attached hydrogens (primary N) is 1. The van der Waals surface area contributed by atoms with Crippen LogP contribution >= 0.6 is 11.6 Å². The topological polar surface area (TPSA) is 131 Å². The summed E-state index contributed by atoms with van der Waals surface area (Å²) in [5.41, 5.74) is 6.40. The van der Waals surface area contributed by atoms with Gasteiger partial charge >= 0.3 is 0 Å². The Morgan fingerprint density at radius 2 is 1.86 bits per heavy atom. The first kappa shape index (κ1) is 24.6. The maximum absolute atomic E-state index is 14.6. The highest BCUT2D eigenvalue weighted by atomic mass is 35.5. The zero-order valence-electron chi connectivity index (χ0n) is 19.6. The number of fused-ring (bicyclic) bond motifs is 1. The molecule has 2 aliphatic carbocycles. The zero-order valence-corrected chi connectivity index (χ0v) is 20.3. The van der Waals surface area contributed by atoms with E-state index in [1.54, 1.807) is 6.20 Å². The summed E-state index contributed by atoms with van der Waals surface area (Å²) in [5, 5.41) is 16.4. The Morgan fingerprint density at radius 1 is 1.11 bits per heavy atom. The fourth-order valence-corrected chi connectivity index (χ4v) is 5.47. The molecule has 0 aliphatic heterocycles. The molecule has 1 amide bonds. The number of anilines is 3. The van der Waals surface area contributed by atoms with Gasteiger partial charge in [0.15, 0.2) is 11.5 Å². The molecule has 2 fully saturated rings. The van der Waals surface area contributed by atoms with Crippen LogP contribution in [0.1, 0.15) is 57.4 Å². The van der Waals surface area contributed by atoms with Crippen molar-refractivity contribution in [3.63, 3.8) is 0 Å². The molecule has 5 rings (SSSR count). The van der Waals surface area contributed by atoms with Crippen molar-refractivity contribution in [1.29, 1.82) is 0 Å². The van der Waals surface area contributed by atoms with E-state index in [-0.39, 0.29) is 40.6 Å².